The summed E-state index contributed by atoms with van der Waals surface area (Å²) in [5, 5.41) is 13.4. The van der Waals surface area contributed by atoms with Crippen LogP contribution in [0.25, 0.3) is 0 Å². The van der Waals surface area contributed by atoms with Gasteiger partial charge in [-0.15, -0.1) is 0 Å². The SMILES string of the molecule is CCC(C)C(N)C(=O)Nc1cc(C)ccc1[N+](=O)[O-]. The van der Waals surface area contributed by atoms with E-state index >= 15 is 0 Å². The Morgan fingerprint density at radius 3 is 2.68 bits per heavy atom. The first-order chi connectivity index (χ1) is 8.86. The molecule has 19 heavy (non-hydrogen) atoms. The van der Waals surface area contributed by atoms with Gasteiger partial charge in [0.05, 0.1) is 11.0 Å². The Labute approximate surface area is 112 Å². The molecule has 0 aliphatic rings. The molecule has 1 rings (SSSR count). The van der Waals surface area contributed by atoms with Crippen molar-refractivity contribution in [1.29, 1.82) is 0 Å². The van der Waals surface area contributed by atoms with Gasteiger partial charge in [-0.05, 0) is 24.5 Å². The quantitative estimate of drug-likeness (QED) is 0.630. The fourth-order valence-electron chi connectivity index (χ4n) is 1.64. The van der Waals surface area contributed by atoms with Crippen molar-refractivity contribution < 1.29 is 9.72 Å². The lowest BCUT2D eigenvalue weighted by Crippen LogP contribution is -2.40. The van der Waals surface area contributed by atoms with E-state index in [2.05, 4.69) is 5.32 Å². The number of nitro benzene ring substituents is 1. The summed E-state index contributed by atoms with van der Waals surface area (Å²) in [5.41, 5.74) is 6.69. The summed E-state index contributed by atoms with van der Waals surface area (Å²) in [7, 11) is 0. The molecule has 2 atom stereocenters. The van der Waals surface area contributed by atoms with E-state index in [0.29, 0.717) is 0 Å². The average molecular weight is 265 g/mol. The Kier molecular flexibility index (Phi) is 5.00. The van der Waals surface area contributed by atoms with Gasteiger partial charge >= 0.3 is 0 Å². The van der Waals surface area contributed by atoms with Gasteiger partial charge in [0.2, 0.25) is 5.91 Å². The first-order valence-electron chi connectivity index (χ1n) is 6.18. The zero-order valence-electron chi connectivity index (χ0n) is 11.3. The molecular formula is C13H19N3O3. The molecule has 0 saturated heterocycles. The van der Waals surface area contributed by atoms with Crippen molar-refractivity contribution in [3.05, 3.63) is 33.9 Å². The molecule has 1 aromatic rings. The van der Waals surface area contributed by atoms with Crippen LogP contribution in [-0.2, 0) is 4.79 Å². The first kappa shape index (κ1) is 15.1. The van der Waals surface area contributed by atoms with E-state index in [1.807, 2.05) is 13.8 Å². The molecule has 0 aromatic heterocycles. The third-order valence-corrected chi connectivity index (χ3v) is 3.17. The Balaban J connectivity index is 2.95. The molecule has 6 heteroatoms. The molecule has 0 bridgehead atoms. The third kappa shape index (κ3) is 3.75. The van der Waals surface area contributed by atoms with Crippen LogP contribution in [-0.4, -0.2) is 16.9 Å². The molecule has 0 aliphatic heterocycles. The van der Waals surface area contributed by atoms with Gasteiger partial charge in [0.1, 0.15) is 5.69 Å². The van der Waals surface area contributed by atoms with Crippen LogP contribution in [0.5, 0.6) is 0 Å². The molecule has 6 nitrogen and oxygen atoms in total. The summed E-state index contributed by atoms with van der Waals surface area (Å²) < 4.78 is 0. The van der Waals surface area contributed by atoms with Crippen LogP contribution in [0.1, 0.15) is 25.8 Å². The van der Waals surface area contributed by atoms with Gasteiger partial charge in [0, 0.05) is 6.07 Å². The van der Waals surface area contributed by atoms with E-state index in [4.69, 9.17) is 5.73 Å². The maximum atomic E-state index is 11.9. The predicted molar refractivity (Wildman–Crippen MR) is 73.9 cm³/mol. The van der Waals surface area contributed by atoms with Crippen molar-refractivity contribution in [1.82, 2.24) is 0 Å². The van der Waals surface area contributed by atoms with Crippen LogP contribution in [0.3, 0.4) is 0 Å². The highest BCUT2D eigenvalue weighted by atomic mass is 16.6. The molecular weight excluding hydrogens is 246 g/mol. The Morgan fingerprint density at radius 2 is 2.16 bits per heavy atom. The third-order valence-electron chi connectivity index (χ3n) is 3.17. The molecule has 2 unspecified atom stereocenters. The molecule has 1 aromatic carbocycles. The van der Waals surface area contributed by atoms with E-state index in [1.165, 1.54) is 6.07 Å². The number of nitrogens with two attached hydrogens (primary N) is 1. The number of hydrogen-bond acceptors (Lipinski definition) is 4. The fraction of sp³-hybridized carbons (Fsp3) is 0.462. The summed E-state index contributed by atoms with van der Waals surface area (Å²) in [6, 6.07) is 3.90. The van der Waals surface area contributed by atoms with Gasteiger partial charge in [0.15, 0.2) is 0 Å². The number of aryl methyl sites for hydroxylation is 1. The molecule has 1 amide bonds. The van der Waals surface area contributed by atoms with Crippen LogP contribution in [0.15, 0.2) is 18.2 Å². The van der Waals surface area contributed by atoms with Crippen molar-refractivity contribution in [2.45, 2.75) is 33.2 Å². The number of anilines is 1. The maximum Gasteiger partial charge on any atom is 0.292 e. The minimum atomic E-state index is -0.676. The van der Waals surface area contributed by atoms with Gasteiger partial charge in [-0.25, -0.2) is 0 Å². The van der Waals surface area contributed by atoms with Crippen LogP contribution in [0.4, 0.5) is 11.4 Å². The van der Waals surface area contributed by atoms with Gasteiger partial charge in [-0.2, -0.15) is 0 Å². The molecule has 0 radical (unpaired) electrons. The summed E-state index contributed by atoms with van der Waals surface area (Å²) in [5.74, 6) is -0.382. The highest BCUT2D eigenvalue weighted by molar-refractivity contribution is 5.96. The highest BCUT2D eigenvalue weighted by Crippen LogP contribution is 2.25. The average Bonchev–Trinajstić information content (AvgIpc) is 2.36. The summed E-state index contributed by atoms with van der Waals surface area (Å²) in [6.07, 6.45) is 0.768. The standard InChI is InChI=1S/C13H19N3O3/c1-4-9(3)12(14)13(17)15-10-7-8(2)5-6-11(10)16(18)19/h5-7,9,12H,4,14H2,1-3H3,(H,15,17). The molecule has 0 spiro atoms. The van der Waals surface area contributed by atoms with E-state index < -0.39 is 16.9 Å². The highest BCUT2D eigenvalue weighted by Gasteiger charge is 2.22. The second kappa shape index (κ2) is 6.29. The number of benzene rings is 1. The molecule has 0 heterocycles. The number of nitro groups is 1. The second-order valence-electron chi connectivity index (χ2n) is 4.68. The lowest BCUT2D eigenvalue weighted by molar-refractivity contribution is -0.383. The zero-order chi connectivity index (χ0) is 14.6. The Morgan fingerprint density at radius 1 is 1.53 bits per heavy atom. The lowest BCUT2D eigenvalue weighted by Gasteiger charge is -2.17. The molecule has 3 N–H and O–H groups in total. The molecule has 104 valence electrons. The normalized spacial score (nSPS) is 13.7. The van der Waals surface area contributed by atoms with Crippen LogP contribution >= 0.6 is 0 Å². The number of carbonyl (C=O) groups excluding carboxylic acids is 1. The first-order valence-corrected chi connectivity index (χ1v) is 6.18. The van der Waals surface area contributed by atoms with Gasteiger partial charge < -0.3 is 11.1 Å². The number of rotatable bonds is 5. The maximum absolute atomic E-state index is 11.9. The minimum Gasteiger partial charge on any atom is -0.320 e. The van der Waals surface area contributed by atoms with E-state index in [-0.39, 0.29) is 17.3 Å². The largest absolute Gasteiger partial charge is 0.320 e. The number of carbonyl (C=O) groups is 1. The van der Waals surface area contributed by atoms with Crippen LogP contribution < -0.4 is 11.1 Å². The zero-order valence-corrected chi connectivity index (χ0v) is 11.3. The number of amides is 1. The van der Waals surface area contributed by atoms with Gasteiger partial charge in [-0.3, -0.25) is 14.9 Å². The fourth-order valence-corrected chi connectivity index (χ4v) is 1.64. The van der Waals surface area contributed by atoms with Crippen molar-refractivity contribution in [2.75, 3.05) is 5.32 Å². The summed E-state index contributed by atoms with van der Waals surface area (Å²) >= 11 is 0. The number of hydrogen-bond donors (Lipinski definition) is 2. The number of nitrogens with zero attached hydrogens (tertiary/aromatic N) is 1. The van der Waals surface area contributed by atoms with E-state index in [1.54, 1.807) is 19.1 Å². The Hall–Kier alpha value is -1.95. The minimum absolute atomic E-state index is 0.0175. The number of nitrogens with one attached hydrogen (secondary N) is 1. The van der Waals surface area contributed by atoms with Crippen molar-refractivity contribution >= 4 is 17.3 Å². The van der Waals surface area contributed by atoms with Gasteiger partial charge in [0.25, 0.3) is 5.69 Å². The van der Waals surface area contributed by atoms with E-state index in [0.717, 1.165) is 12.0 Å². The Bertz CT molecular complexity index is 488. The van der Waals surface area contributed by atoms with E-state index in [9.17, 15) is 14.9 Å². The topological polar surface area (TPSA) is 98.3 Å². The van der Waals surface area contributed by atoms with Crippen molar-refractivity contribution in [3.63, 3.8) is 0 Å². The molecule has 0 saturated carbocycles. The predicted octanol–water partition coefficient (Wildman–Crippen LogP) is 2.22. The summed E-state index contributed by atoms with van der Waals surface area (Å²) in [6.45, 7) is 5.61. The molecule has 0 aliphatic carbocycles. The van der Waals surface area contributed by atoms with Gasteiger partial charge in [-0.1, -0.05) is 26.3 Å². The van der Waals surface area contributed by atoms with Crippen molar-refractivity contribution in [3.8, 4) is 0 Å². The van der Waals surface area contributed by atoms with Crippen LogP contribution in [0.2, 0.25) is 0 Å². The second-order valence-corrected chi connectivity index (χ2v) is 4.68. The summed E-state index contributed by atoms with van der Waals surface area (Å²) in [4.78, 5) is 22.3. The lowest BCUT2D eigenvalue weighted by atomic mass is 9.99. The van der Waals surface area contributed by atoms with Crippen molar-refractivity contribution in [2.24, 2.45) is 11.7 Å². The smallest absolute Gasteiger partial charge is 0.292 e. The van der Waals surface area contributed by atoms with Crippen LogP contribution in [0, 0.1) is 23.0 Å². The molecule has 0 fully saturated rings. The monoisotopic (exact) mass is 265 g/mol.